The van der Waals surface area contributed by atoms with Crippen molar-refractivity contribution in [3.63, 3.8) is 0 Å². The minimum Gasteiger partial charge on any atom is -0.357 e. The number of nitrogens with zero attached hydrogens (tertiary/aromatic N) is 3. The first-order valence-corrected chi connectivity index (χ1v) is 8.67. The van der Waals surface area contributed by atoms with Gasteiger partial charge in [0.05, 0.1) is 18.8 Å². The average molecular weight is 467 g/mol. The summed E-state index contributed by atoms with van der Waals surface area (Å²) in [5.74, 6) is 0.689. The Morgan fingerprint density at radius 3 is 2.42 bits per heavy atom. The lowest BCUT2D eigenvalue weighted by molar-refractivity contribution is -0.122. The average Bonchev–Trinajstić information content (AvgIpc) is 2.71. The summed E-state index contributed by atoms with van der Waals surface area (Å²) in [5.41, 5.74) is 0.826. The first-order valence-electron chi connectivity index (χ1n) is 7.85. The molecule has 0 saturated heterocycles. The van der Waals surface area contributed by atoms with Gasteiger partial charge >= 0.3 is 0 Å². The molecule has 6 nitrogen and oxygen atoms in total. The maximum Gasteiger partial charge on any atom is 0.240 e. The first kappa shape index (κ1) is 23.1. The third kappa shape index (κ3) is 8.27. The third-order valence-electron chi connectivity index (χ3n) is 3.03. The number of hydrogen-bond acceptors (Lipinski definition) is 4. The molecular weight excluding hydrogens is 437 g/mol. The van der Waals surface area contributed by atoms with Gasteiger partial charge in [0.15, 0.2) is 5.96 Å². The number of thiazole rings is 1. The van der Waals surface area contributed by atoms with Crippen molar-refractivity contribution in [3.8, 4) is 0 Å². The number of rotatable bonds is 5. The summed E-state index contributed by atoms with van der Waals surface area (Å²) in [6.45, 7) is 13.5. The van der Waals surface area contributed by atoms with E-state index in [0.29, 0.717) is 12.5 Å². The molecule has 1 aromatic heterocycles. The second kappa shape index (κ2) is 10.2. The van der Waals surface area contributed by atoms with Crippen molar-refractivity contribution < 1.29 is 4.79 Å². The summed E-state index contributed by atoms with van der Waals surface area (Å²) in [6.07, 6.45) is 0. The van der Waals surface area contributed by atoms with E-state index >= 15 is 0 Å². The number of halogens is 1. The van der Waals surface area contributed by atoms with Gasteiger partial charge in [-0.2, -0.15) is 0 Å². The van der Waals surface area contributed by atoms with Crippen molar-refractivity contribution in [2.24, 2.45) is 4.99 Å². The highest BCUT2D eigenvalue weighted by atomic mass is 127. The molecule has 0 saturated carbocycles. The number of carbonyl (C=O) groups excluding carboxylic acids is 1. The van der Waals surface area contributed by atoms with Gasteiger partial charge in [0.25, 0.3) is 0 Å². The smallest absolute Gasteiger partial charge is 0.240 e. The Bertz CT molecular complexity index is 546. The van der Waals surface area contributed by atoms with Crippen LogP contribution >= 0.6 is 35.3 Å². The summed E-state index contributed by atoms with van der Waals surface area (Å²) in [5, 5.41) is 7.16. The van der Waals surface area contributed by atoms with Crippen molar-refractivity contribution in [3.05, 3.63) is 15.6 Å². The zero-order valence-corrected chi connectivity index (χ0v) is 18.8. The van der Waals surface area contributed by atoms with Gasteiger partial charge in [-0.15, -0.1) is 35.3 Å². The molecule has 8 heteroatoms. The molecule has 1 aromatic rings. The van der Waals surface area contributed by atoms with E-state index in [4.69, 9.17) is 0 Å². The summed E-state index contributed by atoms with van der Waals surface area (Å²) in [6, 6.07) is 0. The number of hydrogen-bond donors (Lipinski definition) is 2. The third-order valence-corrected chi connectivity index (χ3v) is 4.09. The second-order valence-corrected chi connectivity index (χ2v) is 7.86. The van der Waals surface area contributed by atoms with Crippen molar-refractivity contribution in [2.75, 3.05) is 20.1 Å². The van der Waals surface area contributed by atoms with E-state index in [2.05, 4.69) is 27.5 Å². The first-order chi connectivity index (χ1) is 10.6. The van der Waals surface area contributed by atoms with Crippen LogP contribution in [0.1, 0.15) is 43.3 Å². The number of carbonyl (C=O) groups is 1. The molecule has 0 fully saturated rings. The van der Waals surface area contributed by atoms with Gasteiger partial charge in [0, 0.05) is 24.0 Å². The van der Waals surface area contributed by atoms with Gasteiger partial charge in [0.2, 0.25) is 5.91 Å². The molecule has 24 heavy (non-hydrogen) atoms. The highest BCUT2D eigenvalue weighted by Crippen LogP contribution is 2.17. The van der Waals surface area contributed by atoms with E-state index in [1.807, 2.05) is 46.6 Å². The van der Waals surface area contributed by atoms with Crippen LogP contribution in [0.3, 0.4) is 0 Å². The monoisotopic (exact) mass is 467 g/mol. The number of aryl methyl sites for hydroxylation is 2. The zero-order valence-electron chi connectivity index (χ0n) is 15.7. The van der Waals surface area contributed by atoms with Gasteiger partial charge in [-0.1, -0.05) is 0 Å². The van der Waals surface area contributed by atoms with Crippen molar-refractivity contribution >= 4 is 47.2 Å². The van der Waals surface area contributed by atoms with Crippen LogP contribution in [-0.2, 0) is 11.3 Å². The van der Waals surface area contributed by atoms with Crippen LogP contribution < -0.4 is 10.6 Å². The fourth-order valence-corrected chi connectivity index (χ4v) is 2.83. The molecule has 0 radical (unpaired) electrons. The highest BCUT2D eigenvalue weighted by Gasteiger charge is 2.16. The summed E-state index contributed by atoms with van der Waals surface area (Å²) in [7, 11) is 1.86. The number of guanidine groups is 1. The molecule has 1 heterocycles. The molecule has 0 aliphatic heterocycles. The zero-order chi connectivity index (χ0) is 17.6. The Morgan fingerprint density at radius 2 is 1.96 bits per heavy atom. The minimum atomic E-state index is -0.233. The molecule has 0 spiro atoms. The van der Waals surface area contributed by atoms with Crippen LogP contribution in [0.4, 0.5) is 0 Å². The molecular formula is C16H30IN5OS. The molecule has 0 bridgehead atoms. The lowest BCUT2D eigenvalue weighted by Crippen LogP contribution is -2.48. The number of aliphatic imine (C=N–C) groups is 1. The van der Waals surface area contributed by atoms with Crippen LogP contribution in [0.5, 0.6) is 0 Å². The maximum atomic E-state index is 12.1. The lowest BCUT2D eigenvalue weighted by Gasteiger charge is -2.25. The minimum absolute atomic E-state index is 0. The van der Waals surface area contributed by atoms with Gasteiger partial charge in [-0.3, -0.25) is 4.79 Å². The lowest BCUT2D eigenvalue weighted by atomic mass is 10.1. The van der Waals surface area contributed by atoms with Gasteiger partial charge in [0.1, 0.15) is 5.01 Å². The van der Waals surface area contributed by atoms with E-state index in [1.54, 1.807) is 11.3 Å². The highest BCUT2D eigenvalue weighted by molar-refractivity contribution is 14.0. The number of aromatic nitrogens is 1. The molecule has 0 aromatic carbocycles. The molecule has 138 valence electrons. The largest absolute Gasteiger partial charge is 0.357 e. The molecule has 0 aliphatic carbocycles. The van der Waals surface area contributed by atoms with E-state index in [9.17, 15) is 4.79 Å². The van der Waals surface area contributed by atoms with Gasteiger partial charge in [-0.25, -0.2) is 9.98 Å². The number of nitrogens with one attached hydrogen (secondary N) is 2. The Labute approximate surface area is 166 Å². The Kier molecular flexibility index (Phi) is 9.79. The van der Waals surface area contributed by atoms with Crippen LogP contribution in [0.15, 0.2) is 4.99 Å². The van der Waals surface area contributed by atoms with Crippen LogP contribution in [0, 0.1) is 13.8 Å². The van der Waals surface area contributed by atoms with E-state index in [-0.39, 0.29) is 42.0 Å². The predicted molar refractivity (Wildman–Crippen MR) is 112 cm³/mol. The van der Waals surface area contributed by atoms with Crippen molar-refractivity contribution in [1.82, 2.24) is 20.5 Å². The second-order valence-electron chi connectivity index (χ2n) is 6.57. The van der Waals surface area contributed by atoms with Crippen molar-refractivity contribution in [1.29, 1.82) is 0 Å². The van der Waals surface area contributed by atoms with E-state index in [1.165, 1.54) is 4.88 Å². The predicted octanol–water partition coefficient (Wildman–Crippen LogP) is 2.69. The number of likely N-dealkylation sites (N-methyl/N-ethyl adjacent to an activating group) is 1. The van der Waals surface area contributed by atoms with Crippen LogP contribution in [0.2, 0.25) is 0 Å². The Morgan fingerprint density at radius 1 is 1.33 bits per heavy atom. The molecule has 1 rings (SSSR count). The fraction of sp³-hybridized carbons (Fsp3) is 0.688. The Balaban J connectivity index is 0.00000529. The molecule has 1 amide bonds. The standard InChI is InChI=1S/C16H29N5OS.HI/c1-8-17-15(18-9-14-19-11(2)12(3)23-14)21(7)10-13(22)20-16(4,5)6;/h8-10H2,1-7H3,(H,17,18)(H,20,22);1H. The molecule has 2 N–H and O–H groups in total. The van der Waals surface area contributed by atoms with Crippen LogP contribution in [0.25, 0.3) is 0 Å². The van der Waals surface area contributed by atoms with E-state index < -0.39 is 0 Å². The summed E-state index contributed by atoms with van der Waals surface area (Å²) in [4.78, 5) is 24.2. The van der Waals surface area contributed by atoms with Gasteiger partial charge < -0.3 is 15.5 Å². The summed E-state index contributed by atoms with van der Waals surface area (Å²) < 4.78 is 0. The summed E-state index contributed by atoms with van der Waals surface area (Å²) >= 11 is 1.66. The molecule has 0 atom stereocenters. The Hall–Kier alpha value is -0.900. The maximum absolute atomic E-state index is 12.1. The molecule has 0 aliphatic rings. The normalized spacial score (nSPS) is 11.7. The van der Waals surface area contributed by atoms with E-state index in [0.717, 1.165) is 17.2 Å². The SMILES string of the molecule is CCNC(=NCc1nc(C)c(C)s1)N(C)CC(=O)NC(C)(C)C.I. The fourth-order valence-electron chi connectivity index (χ4n) is 1.97. The quantitative estimate of drug-likeness (QED) is 0.397. The topological polar surface area (TPSA) is 69.6 Å². The van der Waals surface area contributed by atoms with Gasteiger partial charge in [-0.05, 0) is 41.5 Å². The molecule has 0 unspecified atom stereocenters. The number of amides is 1. The van der Waals surface area contributed by atoms with Crippen molar-refractivity contribution in [2.45, 2.75) is 53.6 Å². The van der Waals surface area contributed by atoms with Crippen LogP contribution in [-0.4, -0.2) is 47.4 Å².